The average Bonchev–Trinajstić information content (AvgIpc) is 3.19. The van der Waals surface area contributed by atoms with Gasteiger partial charge in [0, 0.05) is 19.0 Å². The number of hydrogen-bond donors (Lipinski definition) is 3. The summed E-state index contributed by atoms with van der Waals surface area (Å²) in [5.74, 6) is -3.95. The molecule has 0 aromatic carbocycles. The summed E-state index contributed by atoms with van der Waals surface area (Å²) < 4.78 is 13.8. The Morgan fingerprint density at radius 1 is 1.24 bits per heavy atom. The normalized spacial score (nSPS) is 28.1. The summed E-state index contributed by atoms with van der Waals surface area (Å²) in [6.07, 6.45) is 1.06. The number of amides is 5. The van der Waals surface area contributed by atoms with Gasteiger partial charge in [0.1, 0.15) is 12.1 Å². The van der Waals surface area contributed by atoms with Crippen molar-refractivity contribution >= 4 is 41.1 Å². The van der Waals surface area contributed by atoms with Crippen LogP contribution in [0.2, 0.25) is 0 Å². The summed E-state index contributed by atoms with van der Waals surface area (Å²) in [6.45, 7) is 11.8. The molecule has 2 aliphatic heterocycles. The fourth-order valence-electron chi connectivity index (χ4n) is 5.54. The van der Waals surface area contributed by atoms with E-state index in [1.165, 1.54) is 4.90 Å². The van der Waals surface area contributed by atoms with Crippen molar-refractivity contribution in [1.29, 1.82) is 0 Å². The molecule has 3 aliphatic rings. The standard InChI is InChI=1S/C25H39ClFN5O5/c1-7-13(4)17(29-20(33)12(2)3)23(36)31-11-15-16(25(15,5)6)18(31)22(35)30-32(24(37)19(26)27)10-14-8-9-28-21(14)34/h12-19H,7-11H2,1-6H3,(H,28,34)(H,29,33)(H,30,35)/t13-,14-,15-,16-,17-,18-,19+/m0/s1. The van der Waals surface area contributed by atoms with E-state index in [2.05, 4.69) is 16.1 Å². The molecular formula is C25H39ClFN5O5. The number of nitrogens with zero attached hydrogens (tertiary/aromatic N) is 2. The molecule has 0 bridgehead atoms. The molecule has 7 atom stereocenters. The molecule has 3 fully saturated rings. The summed E-state index contributed by atoms with van der Waals surface area (Å²) in [4.78, 5) is 65.9. The van der Waals surface area contributed by atoms with E-state index in [1.807, 2.05) is 27.7 Å². The maximum absolute atomic E-state index is 13.8. The number of likely N-dealkylation sites (tertiary alicyclic amines) is 1. The van der Waals surface area contributed by atoms with E-state index >= 15 is 0 Å². The van der Waals surface area contributed by atoms with Gasteiger partial charge < -0.3 is 15.5 Å². The van der Waals surface area contributed by atoms with Crippen LogP contribution in [0.5, 0.6) is 0 Å². The molecule has 10 nitrogen and oxygen atoms in total. The first kappa shape index (κ1) is 29.1. The number of halogens is 2. The van der Waals surface area contributed by atoms with Crippen LogP contribution in [-0.2, 0) is 24.0 Å². The third kappa shape index (κ3) is 5.86. The lowest BCUT2D eigenvalue weighted by Crippen LogP contribution is -2.60. The Kier molecular flexibility index (Phi) is 8.76. The molecule has 37 heavy (non-hydrogen) atoms. The second-order valence-electron chi connectivity index (χ2n) is 11.4. The molecule has 2 heterocycles. The van der Waals surface area contributed by atoms with Crippen molar-refractivity contribution in [3.05, 3.63) is 0 Å². The van der Waals surface area contributed by atoms with Crippen LogP contribution in [-0.4, -0.2) is 76.8 Å². The van der Waals surface area contributed by atoms with Gasteiger partial charge in [-0.2, -0.15) is 0 Å². The minimum atomic E-state index is -2.41. The number of hydrogen-bond acceptors (Lipinski definition) is 5. The average molecular weight is 544 g/mol. The Labute approximate surface area is 222 Å². The number of nitrogens with one attached hydrogen (secondary N) is 3. The highest BCUT2D eigenvalue weighted by molar-refractivity contribution is 6.29. The molecule has 208 valence electrons. The van der Waals surface area contributed by atoms with Crippen LogP contribution >= 0.6 is 11.6 Å². The summed E-state index contributed by atoms with van der Waals surface area (Å²) in [5.41, 5.74) is -0.145. The van der Waals surface area contributed by atoms with E-state index < -0.39 is 35.4 Å². The third-order valence-electron chi connectivity index (χ3n) is 8.33. The van der Waals surface area contributed by atoms with Gasteiger partial charge >= 0.3 is 0 Å². The van der Waals surface area contributed by atoms with E-state index in [0.717, 1.165) is 5.01 Å². The lowest BCUT2D eigenvalue weighted by molar-refractivity contribution is -0.150. The van der Waals surface area contributed by atoms with Crippen LogP contribution < -0.4 is 16.1 Å². The van der Waals surface area contributed by atoms with Crippen LogP contribution in [0.1, 0.15) is 54.4 Å². The van der Waals surface area contributed by atoms with Crippen LogP contribution in [0.3, 0.4) is 0 Å². The Morgan fingerprint density at radius 2 is 1.89 bits per heavy atom. The zero-order chi connectivity index (χ0) is 27.8. The fourth-order valence-corrected chi connectivity index (χ4v) is 5.66. The van der Waals surface area contributed by atoms with Crippen LogP contribution in [0.15, 0.2) is 0 Å². The molecule has 0 unspecified atom stereocenters. The van der Waals surface area contributed by atoms with E-state index in [0.29, 0.717) is 25.9 Å². The van der Waals surface area contributed by atoms with E-state index in [-0.39, 0.29) is 53.4 Å². The predicted octanol–water partition coefficient (Wildman–Crippen LogP) is 1.19. The quantitative estimate of drug-likeness (QED) is 0.297. The Bertz CT molecular complexity index is 944. The van der Waals surface area contributed by atoms with Gasteiger partial charge in [0.25, 0.3) is 17.4 Å². The highest BCUT2D eigenvalue weighted by Gasteiger charge is 2.69. The maximum atomic E-state index is 13.8. The molecule has 0 aromatic heterocycles. The van der Waals surface area contributed by atoms with E-state index in [1.54, 1.807) is 13.8 Å². The summed E-state index contributed by atoms with van der Waals surface area (Å²) >= 11 is 5.40. The largest absolute Gasteiger partial charge is 0.356 e. The van der Waals surface area contributed by atoms with Gasteiger partial charge in [-0.1, -0.05) is 59.6 Å². The SMILES string of the molecule is CC[C@H](C)[C@H](NC(=O)C(C)C)C(=O)N1C[C@H]2[C@@H]([C@H]1C(=O)NN(C[C@@H]1CCNC1=O)C(=O)[C@@H](F)Cl)C2(C)C. The minimum Gasteiger partial charge on any atom is -0.356 e. The smallest absolute Gasteiger partial charge is 0.291 e. The second kappa shape index (κ2) is 11.1. The molecule has 3 N–H and O–H groups in total. The van der Waals surface area contributed by atoms with Crippen LogP contribution in [0, 0.1) is 35.0 Å². The molecule has 5 amide bonds. The number of rotatable bonds is 9. The fraction of sp³-hybridized carbons (Fsp3) is 0.800. The number of carbonyl (C=O) groups is 5. The number of hydrazine groups is 1. The lowest BCUT2D eigenvalue weighted by atomic mass is 9.94. The number of alkyl halides is 2. The molecule has 1 saturated carbocycles. The summed E-state index contributed by atoms with van der Waals surface area (Å²) in [5, 5.41) is 6.25. The maximum Gasteiger partial charge on any atom is 0.291 e. The van der Waals surface area contributed by atoms with Crippen molar-refractivity contribution in [2.45, 2.75) is 72.1 Å². The predicted molar refractivity (Wildman–Crippen MR) is 134 cm³/mol. The van der Waals surface area contributed by atoms with Crippen LogP contribution in [0.25, 0.3) is 0 Å². The highest BCUT2D eigenvalue weighted by Crippen LogP contribution is 2.65. The van der Waals surface area contributed by atoms with Crippen molar-refractivity contribution < 1.29 is 28.4 Å². The number of fused-ring (bicyclic) bond motifs is 1. The number of carbonyl (C=O) groups excluding carboxylic acids is 5. The zero-order valence-electron chi connectivity index (χ0n) is 22.3. The molecular weight excluding hydrogens is 505 g/mol. The van der Waals surface area contributed by atoms with E-state index in [9.17, 15) is 28.4 Å². The third-order valence-corrected chi connectivity index (χ3v) is 8.51. The molecule has 2 saturated heterocycles. The van der Waals surface area contributed by atoms with E-state index in [4.69, 9.17) is 11.6 Å². The lowest BCUT2D eigenvalue weighted by Gasteiger charge is -2.36. The molecule has 0 spiro atoms. The topological polar surface area (TPSA) is 128 Å². The van der Waals surface area contributed by atoms with Crippen molar-refractivity contribution in [2.75, 3.05) is 19.6 Å². The highest BCUT2D eigenvalue weighted by atomic mass is 35.5. The molecule has 12 heteroatoms. The summed E-state index contributed by atoms with van der Waals surface area (Å²) in [6, 6.07) is -1.73. The Morgan fingerprint density at radius 3 is 2.41 bits per heavy atom. The molecule has 1 aliphatic carbocycles. The van der Waals surface area contributed by atoms with Crippen LogP contribution in [0.4, 0.5) is 4.39 Å². The van der Waals surface area contributed by atoms with Gasteiger partial charge in [0.15, 0.2) is 0 Å². The van der Waals surface area contributed by atoms with Crippen molar-refractivity contribution in [3.63, 3.8) is 0 Å². The van der Waals surface area contributed by atoms with Gasteiger partial charge in [-0.15, -0.1) is 0 Å². The second-order valence-corrected chi connectivity index (χ2v) is 11.8. The Balaban J connectivity index is 1.85. The first-order chi connectivity index (χ1) is 17.2. The van der Waals surface area contributed by atoms with Crippen molar-refractivity contribution in [3.8, 4) is 0 Å². The minimum absolute atomic E-state index is 0.0669. The van der Waals surface area contributed by atoms with Gasteiger partial charge in [-0.05, 0) is 29.6 Å². The van der Waals surface area contributed by atoms with Crippen molar-refractivity contribution in [1.82, 2.24) is 26.0 Å². The number of piperidine rings is 1. The molecule has 3 rings (SSSR count). The first-order valence-electron chi connectivity index (χ1n) is 13.0. The van der Waals surface area contributed by atoms with Gasteiger partial charge in [0.05, 0.1) is 12.5 Å². The monoisotopic (exact) mass is 543 g/mol. The summed E-state index contributed by atoms with van der Waals surface area (Å²) in [7, 11) is 0. The first-order valence-corrected chi connectivity index (χ1v) is 13.4. The van der Waals surface area contributed by atoms with Gasteiger partial charge in [-0.25, -0.2) is 9.40 Å². The van der Waals surface area contributed by atoms with Crippen molar-refractivity contribution in [2.24, 2.45) is 35.0 Å². The van der Waals surface area contributed by atoms with Gasteiger partial charge in [0.2, 0.25) is 17.7 Å². The molecule has 0 radical (unpaired) electrons. The molecule has 0 aromatic rings. The zero-order valence-corrected chi connectivity index (χ0v) is 23.1. The Hall–Kier alpha value is -2.43. The van der Waals surface area contributed by atoms with Gasteiger partial charge in [-0.3, -0.25) is 29.4 Å².